The number of amides is 2. The predicted molar refractivity (Wildman–Crippen MR) is 108 cm³/mol. The molecule has 4 nitrogen and oxygen atoms in total. The lowest BCUT2D eigenvalue weighted by atomic mass is 9.85. The molecular weight excluding hydrogens is 336 g/mol. The van der Waals surface area contributed by atoms with Gasteiger partial charge in [0, 0.05) is 26.2 Å². The van der Waals surface area contributed by atoms with Crippen LogP contribution in [0.5, 0.6) is 0 Å². The van der Waals surface area contributed by atoms with Gasteiger partial charge in [-0.2, -0.15) is 0 Å². The summed E-state index contributed by atoms with van der Waals surface area (Å²) in [7, 11) is 0. The molecule has 2 amide bonds. The minimum absolute atomic E-state index is 0.00360. The van der Waals surface area contributed by atoms with Crippen LogP contribution < -0.4 is 0 Å². The molecule has 0 spiro atoms. The van der Waals surface area contributed by atoms with E-state index in [4.69, 9.17) is 0 Å². The molecule has 2 saturated heterocycles. The highest BCUT2D eigenvalue weighted by Crippen LogP contribution is 2.29. The Hall–Kier alpha value is -1.84. The first kappa shape index (κ1) is 19.9. The van der Waals surface area contributed by atoms with Gasteiger partial charge in [-0.05, 0) is 63.4 Å². The minimum Gasteiger partial charge on any atom is -0.342 e. The summed E-state index contributed by atoms with van der Waals surface area (Å²) in [6.45, 7) is 8.92. The van der Waals surface area contributed by atoms with Crippen LogP contribution in [0.1, 0.15) is 52.0 Å². The second-order valence-corrected chi connectivity index (χ2v) is 9.05. The molecule has 2 heterocycles. The monoisotopic (exact) mass is 370 g/mol. The summed E-state index contributed by atoms with van der Waals surface area (Å²) in [5, 5.41) is 0. The molecule has 3 rings (SSSR count). The van der Waals surface area contributed by atoms with Gasteiger partial charge >= 0.3 is 0 Å². The van der Waals surface area contributed by atoms with Crippen LogP contribution in [0.4, 0.5) is 0 Å². The van der Waals surface area contributed by atoms with Crippen LogP contribution in [0.2, 0.25) is 0 Å². The second kappa shape index (κ2) is 8.45. The largest absolute Gasteiger partial charge is 0.342 e. The summed E-state index contributed by atoms with van der Waals surface area (Å²) in [4.78, 5) is 30.0. The van der Waals surface area contributed by atoms with Gasteiger partial charge in [-0.15, -0.1) is 0 Å². The van der Waals surface area contributed by atoms with Gasteiger partial charge in [-0.3, -0.25) is 9.59 Å². The number of carbonyl (C=O) groups is 2. The van der Waals surface area contributed by atoms with Gasteiger partial charge in [0.15, 0.2) is 0 Å². The molecule has 0 radical (unpaired) electrons. The average Bonchev–Trinajstić information content (AvgIpc) is 2.68. The first-order valence-corrected chi connectivity index (χ1v) is 10.5. The number of hydrogen-bond donors (Lipinski definition) is 0. The molecule has 2 aliphatic rings. The Kier molecular flexibility index (Phi) is 6.23. The maximum Gasteiger partial charge on any atom is 0.237 e. The zero-order chi connectivity index (χ0) is 19.4. The lowest BCUT2D eigenvalue weighted by Crippen LogP contribution is -2.54. The zero-order valence-electron chi connectivity index (χ0n) is 17.1. The second-order valence-electron chi connectivity index (χ2n) is 9.05. The zero-order valence-corrected chi connectivity index (χ0v) is 17.1. The normalized spacial score (nSPS) is 22.0. The van der Waals surface area contributed by atoms with E-state index in [0.29, 0.717) is 11.8 Å². The van der Waals surface area contributed by atoms with Crippen LogP contribution in [0.3, 0.4) is 0 Å². The summed E-state index contributed by atoms with van der Waals surface area (Å²) < 4.78 is 0. The minimum atomic E-state index is -0.955. The number of nitrogens with zero attached hydrogens (tertiary/aromatic N) is 2. The van der Waals surface area contributed by atoms with Crippen molar-refractivity contribution >= 4 is 11.8 Å². The maximum absolute atomic E-state index is 13.1. The van der Waals surface area contributed by atoms with E-state index in [1.165, 1.54) is 12.0 Å². The first-order valence-electron chi connectivity index (χ1n) is 10.5. The molecule has 0 N–H and O–H groups in total. The molecule has 148 valence electrons. The molecule has 0 aliphatic carbocycles. The summed E-state index contributed by atoms with van der Waals surface area (Å²) in [5.41, 5.74) is 0.417. The van der Waals surface area contributed by atoms with E-state index in [0.717, 1.165) is 51.9 Å². The lowest BCUT2D eigenvalue weighted by molar-refractivity contribution is -0.156. The van der Waals surface area contributed by atoms with Crippen molar-refractivity contribution in [2.75, 3.05) is 26.2 Å². The molecule has 0 aromatic heterocycles. The van der Waals surface area contributed by atoms with Crippen molar-refractivity contribution in [1.82, 2.24) is 9.80 Å². The number of hydrogen-bond acceptors (Lipinski definition) is 2. The quantitative estimate of drug-likeness (QED) is 0.757. The van der Waals surface area contributed by atoms with E-state index in [1.54, 1.807) is 0 Å². The van der Waals surface area contributed by atoms with Crippen molar-refractivity contribution in [2.45, 2.75) is 52.9 Å². The lowest BCUT2D eigenvalue weighted by Gasteiger charge is -2.40. The van der Waals surface area contributed by atoms with E-state index in [2.05, 4.69) is 31.2 Å². The van der Waals surface area contributed by atoms with Crippen molar-refractivity contribution in [3.8, 4) is 0 Å². The standard InChI is InChI=1S/C23H34N2O2/c1-18-8-7-13-25(17-18)22(27)23(2,3)21(26)24-14-11-20(12-15-24)16-19-9-5-4-6-10-19/h4-6,9-10,18,20H,7-8,11-17H2,1-3H3. The highest BCUT2D eigenvalue weighted by atomic mass is 16.2. The third kappa shape index (κ3) is 4.72. The molecule has 2 aliphatic heterocycles. The molecule has 27 heavy (non-hydrogen) atoms. The fourth-order valence-corrected chi connectivity index (χ4v) is 4.54. The molecule has 0 saturated carbocycles. The Labute approximate surface area is 163 Å². The molecule has 0 bridgehead atoms. The fraction of sp³-hybridized carbons (Fsp3) is 0.652. The van der Waals surface area contributed by atoms with E-state index in [1.807, 2.05) is 29.7 Å². The fourth-order valence-electron chi connectivity index (χ4n) is 4.54. The van der Waals surface area contributed by atoms with Gasteiger partial charge in [0.05, 0.1) is 0 Å². The number of likely N-dealkylation sites (tertiary alicyclic amines) is 2. The molecule has 1 atom stereocenters. The highest BCUT2D eigenvalue weighted by molar-refractivity contribution is 6.04. The van der Waals surface area contributed by atoms with E-state index >= 15 is 0 Å². The van der Waals surface area contributed by atoms with Crippen molar-refractivity contribution in [3.63, 3.8) is 0 Å². The molecule has 1 aromatic rings. The number of piperidine rings is 2. The van der Waals surface area contributed by atoms with Crippen molar-refractivity contribution in [3.05, 3.63) is 35.9 Å². The SMILES string of the molecule is CC1CCCN(C(=O)C(C)(C)C(=O)N2CCC(Cc3ccccc3)CC2)C1. The van der Waals surface area contributed by atoms with Crippen LogP contribution in [0, 0.1) is 17.3 Å². The van der Waals surface area contributed by atoms with Crippen molar-refractivity contribution < 1.29 is 9.59 Å². The van der Waals surface area contributed by atoms with Gasteiger partial charge < -0.3 is 9.80 Å². The van der Waals surface area contributed by atoms with Crippen LogP contribution in [-0.4, -0.2) is 47.8 Å². The number of carbonyl (C=O) groups excluding carboxylic acids is 2. The van der Waals surface area contributed by atoms with Crippen LogP contribution >= 0.6 is 0 Å². The smallest absolute Gasteiger partial charge is 0.237 e. The van der Waals surface area contributed by atoms with Gasteiger partial charge in [-0.25, -0.2) is 0 Å². The predicted octanol–water partition coefficient (Wildman–Crippen LogP) is 3.75. The van der Waals surface area contributed by atoms with Gasteiger partial charge in [0.2, 0.25) is 11.8 Å². The Balaban J connectivity index is 1.55. The molecule has 2 fully saturated rings. The molecular formula is C23H34N2O2. The molecule has 1 unspecified atom stereocenters. The maximum atomic E-state index is 13.1. The summed E-state index contributed by atoms with van der Waals surface area (Å²) in [6, 6.07) is 10.6. The van der Waals surface area contributed by atoms with Crippen LogP contribution in [0.25, 0.3) is 0 Å². The Bertz CT molecular complexity index is 648. The van der Waals surface area contributed by atoms with Gasteiger partial charge in [0.1, 0.15) is 5.41 Å². The summed E-state index contributed by atoms with van der Waals surface area (Å²) in [6.07, 6.45) is 5.34. The van der Waals surface area contributed by atoms with Crippen LogP contribution in [-0.2, 0) is 16.0 Å². The third-order valence-corrected chi connectivity index (χ3v) is 6.28. The van der Waals surface area contributed by atoms with E-state index < -0.39 is 5.41 Å². The van der Waals surface area contributed by atoms with Crippen LogP contribution in [0.15, 0.2) is 30.3 Å². The number of benzene rings is 1. The van der Waals surface area contributed by atoms with Gasteiger partial charge in [0.25, 0.3) is 0 Å². The molecule has 1 aromatic carbocycles. The summed E-state index contributed by atoms with van der Waals surface area (Å²) >= 11 is 0. The molecule has 4 heteroatoms. The Morgan fingerprint density at radius 2 is 1.59 bits per heavy atom. The Morgan fingerprint density at radius 3 is 2.22 bits per heavy atom. The van der Waals surface area contributed by atoms with E-state index in [9.17, 15) is 9.59 Å². The third-order valence-electron chi connectivity index (χ3n) is 6.28. The topological polar surface area (TPSA) is 40.6 Å². The average molecular weight is 371 g/mol. The van der Waals surface area contributed by atoms with Crippen molar-refractivity contribution in [1.29, 1.82) is 0 Å². The van der Waals surface area contributed by atoms with E-state index in [-0.39, 0.29) is 11.8 Å². The highest BCUT2D eigenvalue weighted by Gasteiger charge is 2.43. The summed E-state index contributed by atoms with van der Waals surface area (Å²) in [5.74, 6) is 1.16. The first-order chi connectivity index (χ1) is 12.9. The van der Waals surface area contributed by atoms with Gasteiger partial charge in [-0.1, -0.05) is 37.3 Å². The Morgan fingerprint density at radius 1 is 0.963 bits per heavy atom. The number of rotatable bonds is 4. The van der Waals surface area contributed by atoms with Crippen molar-refractivity contribution in [2.24, 2.45) is 17.3 Å².